The van der Waals surface area contributed by atoms with Crippen molar-refractivity contribution in [2.75, 3.05) is 7.11 Å². The maximum Gasteiger partial charge on any atom is 0.270 e. The molecule has 0 aromatic carbocycles. The molecule has 0 aliphatic heterocycles. The lowest BCUT2D eigenvalue weighted by Crippen LogP contribution is -2.30. The van der Waals surface area contributed by atoms with E-state index < -0.39 is 5.91 Å². The van der Waals surface area contributed by atoms with Crippen molar-refractivity contribution in [1.82, 2.24) is 10.4 Å². The first-order valence-electron chi connectivity index (χ1n) is 3.39. The Morgan fingerprint density at radius 2 is 2.46 bits per heavy atom. The van der Waals surface area contributed by atoms with Crippen LogP contribution in [0.4, 0.5) is 0 Å². The summed E-state index contributed by atoms with van der Waals surface area (Å²) in [4.78, 5) is 14.9. The number of nitrogens with zero attached hydrogens (tertiary/aromatic N) is 1. The Labute approximate surface area is 79.8 Å². The summed E-state index contributed by atoms with van der Waals surface area (Å²) in [5.41, 5.74) is 2.17. The molecule has 1 aromatic rings. The van der Waals surface area contributed by atoms with Crippen LogP contribution in [0, 0.1) is 0 Å². The zero-order chi connectivity index (χ0) is 9.84. The van der Waals surface area contributed by atoms with Gasteiger partial charge in [0.25, 0.3) is 5.91 Å². The first-order chi connectivity index (χ1) is 6.19. The van der Waals surface area contributed by atoms with Gasteiger partial charge in [-0.3, -0.25) is 10.2 Å². The summed E-state index contributed by atoms with van der Waals surface area (Å²) in [7, 11) is 1.41. The minimum absolute atomic E-state index is 0.187. The molecule has 13 heavy (non-hydrogen) atoms. The second-order valence-corrected chi connectivity index (χ2v) is 2.62. The molecule has 0 spiro atoms. The van der Waals surface area contributed by atoms with E-state index in [1.54, 1.807) is 0 Å². The molecule has 70 valence electrons. The molecule has 1 amide bonds. The van der Waals surface area contributed by atoms with E-state index in [0.29, 0.717) is 5.02 Å². The van der Waals surface area contributed by atoms with Crippen LogP contribution in [0.15, 0.2) is 12.3 Å². The van der Waals surface area contributed by atoms with Gasteiger partial charge in [-0.05, 0) is 6.07 Å². The number of nitrogens with two attached hydrogens (primary N) is 1. The smallest absolute Gasteiger partial charge is 0.270 e. The zero-order valence-corrected chi connectivity index (χ0v) is 7.63. The highest BCUT2D eigenvalue weighted by Gasteiger charge is 2.12. The number of nitrogen functional groups attached to an aromatic ring is 1. The van der Waals surface area contributed by atoms with E-state index in [4.69, 9.17) is 22.2 Å². The number of nitrogens with one attached hydrogen (secondary N) is 1. The van der Waals surface area contributed by atoms with Crippen LogP contribution in [-0.2, 0) is 0 Å². The first kappa shape index (κ1) is 9.76. The second-order valence-electron chi connectivity index (χ2n) is 2.18. The number of carbonyl (C=O) groups excluding carboxylic acids is 1. The molecule has 6 heteroatoms. The van der Waals surface area contributed by atoms with E-state index in [0.717, 1.165) is 0 Å². The van der Waals surface area contributed by atoms with Gasteiger partial charge in [-0.1, -0.05) is 11.6 Å². The standard InChI is InChI=1S/C7H8ClN3O2/c1-13-7-5(6(12)11-9)2-4(8)3-10-7/h2-3H,9H2,1H3,(H,11,12). The summed E-state index contributed by atoms with van der Waals surface area (Å²) >= 11 is 5.64. The molecule has 0 aliphatic carbocycles. The highest BCUT2D eigenvalue weighted by Crippen LogP contribution is 2.18. The highest BCUT2D eigenvalue weighted by molar-refractivity contribution is 6.30. The van der Waals surface area contributed by atoms with Crippen molar-refractivity contribution in [2.45, 2.75) is 0 Å². The number of hydrazine groups is 1. The van der Waals surface area contributed by atoms with Gasteiger partial charge in [0.05, 0.1) is 12.1 Å². The van der Waals surface area contributed by atoms with Gasteiger partial charge >= 0.3 is 0 Å². The SMILES string of the molecule is COc1ncc(Cl)cc1C(=O)NN. The Morgan fingerprint density at radius 1 is 1.77 bits per heavy atom. The molecule has 0 bridgehead atoms. The zero-order valence-electron chi connectivity index (χ0n) is 6.87. The second kappa shape index (κ2) is 4.06. The quantitative estimate of drug-likeness (QED) is 0.411. The molecule has 1 rings (SSSR count). The average Bonchev–Trinajstić information content (AvgIpc) is 2.16. The topological polar surface area (TPSA) is 77.2 Å². The van der Waals surface area contributed by atoms with Crippen LogP contribution in [0.3, 0.4) is 0 Å². The number of carbonyl (C=O) groups is 1. The molecule has 0 unspecified atom stereocenters. The molecule has 0 saturated heterocycles. The fourth-order valence-corrected chi connectivity index (χ4v) is 0.988. The predicted molar refractivity (Wildman–Crippen MR) is 47.5 cm³/mol. The van der Waals surface area contributed by atoms with E-state index in [1.807, 2.05) is 5.43 Å². The summed E-state index contributed by atoms with van der Waals surface area (Å²) in [6.45, 7) is 0. The average molecular weight is 202 g/mol. The molecule has 0 fully saturated rings. The van der Waals surface area contributed by atoms with Gasteiger partial charge in [-0.2, -0.15) is 0 Å². The van der Waals surface area contributed by atoms with Crippen LogP contribution in [0.5, 0.6) is 5.88 Å². The van der Waals surface area contributed by atoms with Crippen molar-refractivity contribution >= 4 is 17.5 Å². The molecule has 1 aromatic heterocycles. The molecule has 1 heterocycles. The molecule has 0 aliphatic rings. The van der Waals surface area contributed by atoms with Gasteiger partial charge in [0.15, 0.2) is 0 Å². The normalized spacial score (nSPS) is 9.46. The van der Waals surface area contributed by atoms with E-state index in [2.05, 4.69) is 4.98 Å². The third-order valence-electron chi connectivity index (χ3n) is 1.39. The maximum atomic E-state index is 11.1. The number of hydrogen-bond donors (Lipinski definition) is 2. The van der Waals surface area contributed by atoms with Gasteiger partial charge in [0.2, 0.25) is 5.88 Å². The molecule has 5 nitrogen and oxygen atoms in total. The number of halogens is 1. The third kappa shape index (κ3) is 2.07. The van der Waals surface area contributed by atoms with Crippen molar-refractivity contribution in [3.05, 3.63) is 22.8 Å². The molecule has 0 atom stereocenters. The van der Waals surface area contributed by atoms with Crippen LogP contribution >= 0.6 is 11.6 Å². The van der Waals surface area contributed by atoms with Gasteiger partial charge in [0.1, 0.15) is 5.56 Å². The number of rotatable bonds is 2. The maximum absolute atomic E-state index is 11.1. The summed E-state index contributed by atoms with van der Waals surface area (Å²) in [6.07, 6.45) is 1.38. The van der Waals surface area contributed by atoms with Crippen LogP contribution in [-0.4, -0.2) is 18.0 Å². The lowest BCUT2D eigenvalue weighted by atomic mass is 10.2. The van der Waals surface area contributed by atoms with Crippen LogP contribution < -0.4 is 16.0 Å². The van der Waals surface area contributed by atoms with Crippen molar-refractivity contribution in [1.29, 1.82) is 0 Å². The fourth-order valence-electron chi connectivity index (χ4n) is 0.830. The Hall–Kier alpha value is -1.33. The lowest BCUT2D eigenvalue weighted by Gasteiger charge is -2.05. The highest BCUT2D eigenvalue weighted by atomic mass is 35.5. The minimum atomic E-state index is -0.494. The Bertz CT molecular complexity index is 330. The predicted octanol–water partition coefficient (Wildman–Crippen LogP) is 0.347. The number of ether oxygens (including phenoxy) is 1. The minimum Gasteiger partial charge on any atom is -0.480 e. The van der Waals surface area contributed by atoms with Crippen LogP contribution in [0.2, 0.25) is 5.02 Å². The summed E-state index contributed by atoms with van der Waals surface area (Å²) in [5, 5.41) is 0.347. The van der Waals surface area contributed by atoms with Crippen molar-refractivity contribution < 1.29 is 9.53 Å². The summed E-state index contributed by atoms with van der Waals surface area (Å²) in [5.74, 6) is 4.65. The van der Waals surface area contributed by atoms with E-state index in [1.165, 1.54) is 19.4 Å². The number of pyridine rings is 1. The first-order valence-corrected chi connectivity index (χ1v) is 3.77. The molecule has 0 radical (unpaired) electrons. The summed E-state index contributed by atoms with van der Waals surface area (Å²) in [6, 6.07) is 1.43. The van der Waals surface area contributed by atoms with Crippen molar-refractivity contribution in [3.8, 4) is 5.88 Å². The monoisotopic (exact) mass is 201 g/mol. The van der Waals surface area contributed by atoms with Gasteiger partial charge < -0.3 is 4.74 Å². The van der Waals surface area contributed by atoms with E-state index in [9.17, 15) is 4.79 Å². The summed E-state index contributed by atoms with van der Waals surface area (Å²) < 4.78 is 4.84. The Balaban J connectivity index is 3.15. The van der Waals surface area contributed by atoms with E-state index >= 15 is 0 Å². The fraction of sp³-hybridized carbons (Fsp3) is 0.143. The Kier molecular flexibility index (Phi) is 3.05. The van der Waals surface area contributed by atoms with Crippen LogP contribution in [0.1, 0.15) is 10.4 Å². The van der Waals surface area contributed by atoms with Gasteiger partial charge in [-0.15, -0.1) is 0 Å². The molecule has 3 N–H and O–H groups in total. The molecular weight excluding hydrogens is 194 g/mol. The van der Waals surface area contributed by atoms with Crippen LogP contribution in [0.25, 0.3) is 0 Å². The van der Waals surface area contributed by atoms with Crippen molar-refractivity contribution in [2.24, 2.45) is 5.84 Å². The van der Waals surface area contributed by atoms with E-state index in [-0.39, 0.29) is 11.4 Å². The number of amides is 1. The number of hydrogen-bond acceptors (Lipinski definition) is 4. The number of methoxy groups -OCH3 is 1. The largest absolute Gasteiger partial charge is 0.480 e. The third-order valence-corrected chi connectivity index (χ3v) is 1.59. The van der Waals surface area contributed by atoms with Gasteiger partial charge in [-0.25, -0.2) is 10.8 Å². The lowest BCUT2D eigenvalue weighted by molar-refractivity contribution is 0.0950. The molecule has 0 saturated carbocycles. The van der Waals surface area contributed by atoms with Gasteiger partial charge in [0, 0.05) is 6.20 Å². The Morgan fingerprint density at radius 3 is 3.00 bits per heavy atom. The molecular formula is C7H8ClN3O2. The number of aromatic nitrogens is 1. The van der Waals surface area contributed by atoms with Crippen molar-refractivity contribution in [3.63, 3.8) is 0 Å².